The number of nitrogens with one attached hydrogen (secondary N) is 1. The Labute approximate surface area is 84.3 Å². The lowest BCUT2D eigenvalue weighted by Gasteiger charge is -2.30. The predicted octanol–water partition coefficient (Wildman–Crippen LogP) is 2.58. The Kier molecular flexibility index (Phi) is 3.79. The summed E-state index contributed by atoms with van der Waals surface area (Å²) in [6.45, 7) is 4.17. The average Bonchev–Trinajstić information content (AvgIpc) is 2.10. The van der Waals surface area contributed by atoms with Gasteiger partial charge in [0.1, 0.15) is 0 Å². The molecule has 0 spiro atoms. The highest BCUT2D eigenvalue weighted by atomic mass is 35.5. The average molecular weight is 202 g/mol. The predicted molar refractivity (Wildman–Crippen MR) is 54.6 cm³/mol. The van der Waals surface area contributed by atoms with E-state index in [2.05, 4.69) is 12.2 Å². The topological polar surface area (TPSA) is 29.1 Å². The minimum atomic E-state index is 0.0213. The van der Waals surface area contributed by atoms with Crippen LogP contribution in [0.2, 0.25) is 0 Å². The summed E-state index contributed by atoms with van der Waals surface area (Å²) in [5.74, 6) is 0.0213. The normalized spacial score (nSPS) is 25.2. The number of carbonyl (C=O) groups excluding carboxylic acids is 1. The molecule has 1 aliphatic rings. The van der Waals surface area contributed by atoms with Crippen LogP contribution in [-0.4, -0.2) is 11.9 Å². The van der Waals surface area contributed by atoms with Crippen LogP contribution in [0.5, 0.6) is 0 Å². The van der Waals surface area contributed by atoms with Gasteiger partial charge in [-0.3, -0.25) is 4.79 Å². The van der Waals surface area contributed by atoms with Crippen LogP contribution in [-0.2, 0) is 4.79 Å². The number of allylic oxidation sites excluding steroid dienone is 1. The van der Waals surface area contributed by atoms with Crippen molar-refractivity contribution in [1.29, 1.82) is 0 Å². The van der Waals surface area contributed by atoms with E-state index in [0.717, 1.165) is 36.3 Å². The van der Waals surface area contributed by atoms with Crippen molar-refractivity contribution in [3.8, 4) is 0 Å². The maximum atomic E-state index is 11.2. The largest absolute Gasteiger partial charge is 0.345 e. The zero-order chi connectivity index (χ0) is 9.84. The van der Waals surface area contributed by atoms with Gasteiger partial charge in [-0.1, -0.05) is 31.9 Å². The molecule has 1 heterocycles. The van der Waals surface area contributed by atoms with Crippen molar-refractivity contribution in [2.75, 3.05) is 0 Å². The first-order valence-corrected chi connectivity index (χ1v) is 5.27. The van der Waals surface area contributed by atoms with E-state index in [-0.39, 0.29) is 11.9 Å². The Morgan fingerprint density at radius 1 is 1.54 bits per heavy atom. The molecule has 74 valence electrons. The third-order valence-electron chi connectivity index (χ3n) is 2.35. The van der Waals surface area contributed by atoms with Crippen molar-refractivity contribution in [2.45, 2.75) is 45.6 Å². The Balaban J connectivity index is 2.59. The third kappa shape index (κ3) is 2.25. The van der Waals surface area contributed by atoms with E-state index in [9.17, 15) is 4.79 Å². The molecule has 1 amide bonds. The van der Waals surface area contributed by atoms with Crippen LogP contribution in [0, 0.1) is 0 Å². The van der Waals surface area contributed by atoms with Crippen molar-refractivity contribution in [2.24, 2.45) is 0 Å². The fourth-order valence-corrected chi connectivity index (χ4v) is 1.82. The summed E-state index contributed by atoms with van der Waals surface area (Å²) in [6, 6.07) is 0.205. The molecule has 13 heavy (non-hydrogen) atoms. The van der Waals surface area contributed by atoms with Crippen LogP contribution in [0.1, 0.15) is 39.5 Å². The molecule has 2 nitrogen and oxygen atoms in total. The fourth-order valence-electron chi connectivity index (χ4n) is 1.47. The molecule has 1 aliphatic heterocycles. The van der Waals surface area contributed by atoms with Crippen LogP contribution in [0.3, 0.4) is 0 Å². The molecule has 1 rings (SSSR count). The number of halogens is 1. The molecule has 1 saturated heterocycles. The molecule has 0 saturated carbocycles. The summed E-state index contributed by atoms with van der Waals surface area (Å²) < 4.78 is 0. The highest BCUT2D eigenvalue weighted by molar-refractivity contribution is 6.32. The van der Waals surface area contributed by atoms with E-state index >= 15 is 0 Å². The molecule has 0 radical (unpaired) electrons. The summed E-state index contributed by atoms with van der Waals surface area (Å²) in [6.07, 6.45) is 3.95. The molecule has 0 aromatic carbocycles. The molecule has 0 bridgehead atoms. The van der Waals surface area contributed by atoms with Gasteiger partial charge in [-0.05, 0) is 19.3 Å². The minimum absolute atomic E-state index is 0.0213. The summed E-state index contributed by atoms with van der Waals surface area (Å²) in [5.41, 5.74) is 0.817. The van der Waals surface area contributed by atoms with Crippen molar-refractivity contribution in [3.63, 3.8) is 0 Å². The summed E-state index contributed by atoms with van der Waals surface area (Å²) in [4.78, 5) is 11.2. The third-order valence-corrected chi connectivity index (χ3v) is 2.74. The minimum Gasteiger partial charge on any atom is -0.345 e. The molecular formula is C10H16ClNO. The summed E-state index contributed by atoms with van der Waals surface area (Å²) in [7, 11) is 0. The van der Waals surface area contributed by atoms with Gasteiger partial charge in [-0.2, -0.15) is 0 Å². The van der Waals surface area contributed by atoms with E-state index in [4.69, 9.17) is 11.6 Å². The summed E-state index contributed by atoms with van der Waals surface area (Å²) >= 11 is 6.05. The van der Waals surface area contributed by atoms with E-state index in [1.54, 1.807) is 0 Å². The number of carbonyl (C=O) groups is 1. The van der Waals surface area contributed by atoms with Gasteiger partial charge in [-0.15, -0.1) is 0 Å². The lowest BCUT2D eigenvalue weighted by atomic mass is 9.94. The molecule has 0 aliphatic carbocycles. The maximum absolute atomic E-state index is 11.2. The van der Waals surface area contributed by atoms with Crippen molar-refractivity contribution < 1.29 is 4.79 Å². The molecular weight excluding hydrogens is 186 g/mol. The van der Waals surface area contributed by atoms with Crippen molar-refractivity contribution >= 4 is 17.5 Å². The van der Waals surface area contributed by atoms with Gasteiger partial charge in [0.2, 0.25) is 0 Å². The Morgan fingerprint density at radius 3 is 2.69 bits per heavy atom. The van der Waals surface area contributed by atoms with Crippen LogP contribution in [0.25, 0.3) is 0 Å². The van der Waals surface area contributed by atoms with Gasteiger partial charge >= 0.3 is 0 Å². The Hall–Kier alpha value is -0.500. The quantitative estimate of drug-likeness (QED) is 0.550. The monoisotopic (exact) mass is 201 g/mol. The van der Waals surface area contributed by atoms with E-state index in [1.807, 2.05) is 6.92 Å². The maximum Gasteiger partial charge on any atom is 0.250 e. The van der Waals surface area contributed by atoms with Crippen LogP contribution >= 0.6 is 11.6 Å². The highest BCUT2D eigenvalue weighted by Crippen LogP contribution is 2.26. The Bertz CT molecular complexity index is 235. The van der Waals surface area contributed by atoms with Crippen molar-refractivity contribution in [1.82, 2.24) is 5.32 Å². The van der Waals surface area contributed by atoms with Gasteiger partial charge in [0.05, 0.1) is 11.6 Å². The molecule has 0 aromatic heterocycles. The molecule has 0 aromatic rings. The van der Waals surface area contributed by atoms with Gasteiger partial charge in [-0.25, -0.2) is 0 Å². The first kappa shape index (κ1) is 10.6. The standard InChI is InChI=1S/C10H16ClNO/c1-3-5-6-7(11)9-8(4-2)12-10(9)13/h8H,3-6H2,1-2H3,(H,12,13)/b9-7+. The number of rotatable bonds is 4. The summed E-state index contributed by atoms with van der Waals surface area (Å²) in [5, 5.41) is 3.58. The number of hydrogen-bond donors (Lipinski definition) is 1. The second-order valence-electron chi connectivity index (χ2n) is 3.36. The number of hydrogen-bond acceptors (Lipinski definition) is 1. The lowest BCUT2D eigenvalue weighted by Crippen LogP contribution is -2.51. The number of amides is 1. The molecule has 1 unspecified atom stereocenters. The Morgan fingerprint density at radius 2 is 2.23 bits per heavy atom. The smallest absolute Gasteiger partial charge is 0.250 e. The van der Waals surface area contributed by atoms with Gasteiger partial charge in [0.25, 0.3) is 5.91 Å². The lowest BCUT2D eigenvalue weighted by molar-refractivity contribution is -0.122. The molecule has 3 heteroatoms. The van der Waals surface area contributed by atoms with Crippen LogP contribution < -0.4 is 5.32 Å². The number of unbranched alkanes of at least 4 members (excludes halogenated alkanes) is 1. The van der Waals surface area contributed by atoms with Crippen LogP contribution in [0.4, 0.5) is 0 Å². The van der Waals surface area contributed by atoms with Gasteiger partial charge < -0.3 is 5.32 Å². The second kappa shape index (κ2) is 4.66. The fraction of sp³-hybridized carbons (Fsp3) is 0.700. The van der Waals surface area contributed by atoms with Gasteiger partial charge in [0.15, 0.2) is 0 Å². The first-order valence-electron chi connectivity index (χ1n) is 4.90. The molecule has 1 atom stereocenters. The van der Waals surface area contributed by atoms with E-state index in [0.29, 0.717) is 0 Å². The number of β-lactam (4-membered cyclic amide) rings is 1. The van der Waals surface area contributed by atoms with Crippen molar-refractivity contribution in [3.05, 3.63) is 10.6 Å². The zero-order valence-corrected chi connectivity index (χ0v) is 8.95. The second-order valence-corrected chi connectivity index (χ2v) is 3.81. The van der Waals surface area contributed by atoms with Gasteiger partial charge in [0, 0.05) is 5.03 Å². The highest BCUT2D eigenvalue weighted by Gasteiger charge is 2.33. The van der Waals surface area contributed by atoms with E-state index < -0.39 is 0 Å². The molecule has 1 fully saturated rings. The molecule has 1 N–H and O–H groups in total. The van der Waals surface area contributed by atoms with E-state index in [1.165, 1.54) is 0 Å². The zero-order valence-electron chi connectivity index (χ0n) is 8.19. The SMILES string of the molecule is CCCC/C(Cl)=C1\C(=O)NC1CC. The van der Waals surface area contributed by atoms with Crippen LogP contribution in [0.15, 0.2) is 10.6 Å². The first-order chi connectivity index (χ1) is 6.20.